The summed E-state index contributed by atoms with van der Waals surface area (Å²) in [6.45, 7) is 3.39. The second kappa shape index (κ2) is 5.48. The van der Waals surface area contributed by atoms with Crippen LogP contribution in [0.1, 0.15) is 24.2 Å². The van der Waals surface area contributed by atoms with E-state index in [0.29, 0.717) is 17.1 Å². The van der Waals surface area contributed by atoms with Gasteiger partial charge < -0.3 is 9.47 Å². The van der Waals surface area contributed by atoms with Crippen molar-refractivity contribution in [3.8, 4) is 11.5 Å². The molecule has 0 amide bonds. The molecule has 1 rings (SSSR count). The van der Waals surface area contributed by atoms with E-state index >= 15 is 0 Å². The number of benzene rings is 1. The zero-order chi connectivity index (χ0) is 13.0. The maximum atomic E-state index is 11.8. The third-order valence-electron chi connectivity index (χ3n) is 2.39. The molecular formula is C13H16O4. The van der Waals surface area contributed by atoms with Crippen molar-refractivity contribution in [2.24, 2.45) is 5.92 Å². The SMILES string of the molecule is COc1ccc(C(=O)C(=O)C(C)C)cc1OC. The fourth-order valence-corrected chi connectivity index (χ4v) is 1.38. The number of carbonyl (C=O) groups is 2. The maximum absolute atomic E-state index is 11.8. The zero-order valence-electron chi connectivity index (χ0n) is 10.4. The van der Waals surface area contributed by atoms with Crippen LogP contribution in [-0.4, -0.2) is 25.8 Å². The summed E-state index contributed by atoms with van der Waals surface area (Å²) >= 11 is 0. The van der Waals surface area contributed by atoms with E-state index in [0.717, 1.165) is 0 Å². The van der Waals surface area contributed by atoms with Crippen LogP contribution in [-0.2, 0) is 4.79 Å². The Morgan fingerprint density at radius 2 is 1.65 bits per heavy atom. The number of hydrogen-bond acceptors (Lipinski definition) is 4. The van der Waals surface area contributed by atoms with Gasteiger partial charge in [0.15, 0.2) is 11.5 Å². The lowest BCUT2D eigenvalue weighted by molar-refractivity contribution is -0.117. The maximum Gasteiger partial charge on any atom is 0.228 e. The molecule has 0 spiro atoms. The van der Waals surface area contributed by atoms with E-state index in [1.807, 2.05) is 0 Å². The molecule has 0 aliphatic carbocycles. The summed E-state index contributed by atoms with van der Waals surface area (Å²) in [7, 11) is 3.00. The Hall–Kier alpha value is -1.84. The normalized spacial score (nSPS) is 10.2. The molecule has 4 heteroatoms. The van der Waals surface area contributed by atoms with Crippen LogP contribution in [0.2, 0.25) is 0 Å². The van der Waals surface area contributed by atoms with Crippen LogP contribution in [0, 0.1) is 5.92 Å². The first-order valence-electron chi connectivity index (χ1n) is 5.31. The summed E-state index contributed by atoms with van der Waals surface area (Å²) in [5.41, 5.74) is 0.321. The van der Waals surface area contributed by atoms with Gasteiger partial charge in [0.05, 0.1) is 14.2 Å². The molecule has 17 heavy (non-hydrogen) atoms. The van der Waals surface area contributed by atoms with Crippen LogP contribution in [0.3, 0.4) is 0 Å². The highest BCUT2D eigenvalue weighted by Crippen LogP contribution is 2.27. The number of rotatable bonds is 5. The second-order valence-corrected chi connectivity index (χ2v) is 3.92. The van der Waals surface area contributed by atoms with Gasteiger partial charge in [-0.05, 0) is 18.2 Å². The minimum absolute atomic E-state index is 0.310. The van der Waals surface area contributed by atoms with Crippen LogP contribution in [0.5, 0.6) is 11.5 Å². The predicted molar refractivity (Wildman–Crippen MR) is 63.7 cm³/mol. The first-order valence-corrected chi connectivity index (χ1v) is 5.31. The molecule has 0 atom stereocenters. The smallest absolute Gasteiger partial charge is 0.228 e. The topological polar surface area (TPSA) is 52.6 Å². The average molecular weight is 236 g/mol. The van der Waals surface area contributed by atoms with Crippen molar-refractivity contribution in [2.45, 2.75) is 13.8 Å². The summed E-state index contributed by atoms with van der Waals surface area (Å²) in [6, 6.07) is 4.69. The monoisotopic (exact) mass is 236 g/mol. The molecule has 0 fully saturated rings. The number of carbonyl (C=O) groups excluding carboxylic acids is 2. The minimum atomic E-state index is -0.499. The van der Waals surface area contributed by atoms with Crippen LogP contribution in [0.25, 0.3) is 0 Å². The van der Waals surface area contributed by atoms with E-state index in [-0.39, 0.29) is 5.92 Å². The van der Waals surface area contributed by atoms with Crippen molar-refractivity contribution in [3.05, 3.63) is 23.8 Å². The van der Waals surface area contributed by atoms with Gasteiger partial charge in [-0.1, -0.05) is 13.8 Å². The number of ketones is 2. The molecule has 4 nitrogen and oxygen atoms in total. The van der Waals surface area contributed by atoms with E-state index < -0.39 is 11.6 Å². The summed E-state index contributed by atoms with van der Waals surface area (Å²) in [6.07, 6.45) is 0. The van der Waals surface area contributed by atoms with Crippen molar-refractivity contribution in [1.82, 2.24) is 0 Å². The third kappa shape index (κ3) is 2.84. The molecule has 0 heterocycles. The fourth-order valence-electron chi connectivity index (χ4n) is 1.38. The van der Waals surface area contributed by atoms with Gasteiger partial charge in [0.25, 0.3) is 0 Å². The molecule has 92 valence electrons. The molecule has 0 aliphatic heterocycles. The average Bonchev–Trinajstić information content (AvgIpc) is 2.35. The molecule has 0 unspecified atom stereocenters. The highest BCUT2D eigenvalue weighted by atomic mass is 16.5. The number of hydrogen-bond donors (Lipinski definition) is 0. The lowest BCUT2D eigenvalue weighted by Gasteiger charge is -2.09. The zero-order valence-corrected chi connectivity index (χ0v) is 10.4. The predicted octanol–water partition coefficient (Wildman–Crippen LogP) is 2.11. The Labute approximate surface area is 101 Å². The van der Waals surface area contributed by atoms with Crippen LogP contribution >= 0.6 is 0 Å². The first-order chi connectivity index (χ1) is 8.01. The molecule has 0 bridgehead atoms. The Balaban J connectivity index is 3.08. The molecule has 0 saturated carbocycles. The second-order valence-electron chi connectivity index (χ2n) is 3.92. The fraction of sp³-hybridized carbons (Fsp3) is 0.385. The highest BCUT2D eigenvalue weighted by molar-refractivity contribution is 6.44. The van der Waals surface area contributed by atoms with Crippen LogP contribution < -0.4 is 9.47 Å². The largest absolute Gasteiger partial charge is 0.493 e. The van der Waals surface area contributed by atoms with Crippen molar-refractivity contribution in [3.63, 3.8) is 0 Å². The molecule has 0 saturated heterocycles. The van der Waals surface area contributed by atoms with Crippen molar-refractivity contribution >= 4 is 11.6 Å². The van der Waals surface area contributed by atoms with E-state index in [2.05, 4.69) is 0 Å². The Morgan fingerprint density at radius 1 is 1.06 bits per heavy atom. The van der Waals surface area contributed by atoms with Gasteiger partial charge in [0.2, 0.25) is 11.6 Å². The minimum Gasteiger partial charge on any atom is -0.493 e. The Kier molecular flexibility index (Phi) is 4.26. The highest BCUT2D eigenvalue weighted by Gasteiger charge is 2.20. The summed E-state index contributed by atoms with van der Waals surface area (Å²) < 4.78 is 10.1. The summed E-state index contributed by atoms with van der Waals surface area (Å²) in [5.74, 6) is -0.246. The van der Waals surface area contributed by atoms with E-state index in [4.69, 9.17) is 9.47 Å². The lowest BCUT2D eigenvalue weighted by Crippen LogP contribution is -2.19. The molecule has 1 aromatic carbocycles. The Morgan fingerprint density at radius 3 is 2.12 bits per heavy atom. The van der Waals surface area contributed by atoms with E-state index in [9.17, 15) is 9.59 Å². The first kappa shape index (κ1) is 13.2. The van der Waals surface area contributed by atoms with Gasteiger partial charge in [-0.25, -0.2) is 0 Å². The van der Waals surface area contributed by atoms with Gasteiger partial charge in [-0.15, -0.1) is 0 Å². The molecule has 0 aromatic heterocycles. The lowest BCUT2D eigenvalue weighted by atomic mass is 9.99. The van der Waals surface area contributed by atoms with E-state index in [1.165, 1.54) is 20.3 Å². The number of ether oxygens (including phenoxy) is 2. The van der Waals surface area contributed by atoms with Gasteiger partial charge in [0.1, 0.15) is 0 Å². The molecule has 0 radical (unpaired) electrons. The molecule has 0 aliphatic rings. The molecule has 1 aromatic rings. The van der Waals surface area contributed by atoms with Crippen molar-refractivity contribution in [1.29, 1.82) is 0 Å². The van der Waals surface area contributed by atoms with Gasteiger partial charge in [0, 0.05) is 11.5 Å². The summed E-state index contributed by atoms with van der Waals surface area (Å²) in [4.78, 5) is 23.4. The quantitative estimate of drug-likeness (QED) is 0.580. The van der Waals surface area contributed by atoms with Gasteiger partial charge in [-0.3, -0.25) is 9.59 Å². The molecular weight excluding hydrogens is 220 g/mol. The Bertz CT molecular complexity index is 435. The standard InChI is InChI=1S/C13H16O4/c1-8(2)12(14)13(15)9-5-6-10(16-3)11(7-9)17-4/h5-8H,1-4H3. The van der Waals surface area contributed by atoms with Crippen molar-refractivity contribution in [2.75, 3.05) is 14.2 Å². The molecule has 0 N–H and O–H groups in total. The number of methoxy groups -OCH3 is 2. The van der Waals surface area contributed by atoms with Gasteiger partial charge >= 0.3 is 0 Å². The third-order valence-corrected chi connectivity index (χ3v) is 2.39. The van der Waals surface area contributed by atoms with Gasteiger partial charge in [-0.2, -0.15) is 0 Å². The van der Waals surface area contributed by atoms with Crippen molar-refractivity contribution < 1.29 is 19.1 Å². The number of Topliss-reactive ketones (excluding diaryl/α,β-unsaturated/α-hetero) is 2. The summed E-state index contributed by atoms with van der Waals surface area (Å²) in [5, 5.41) is 0. The van der Waals surface area contributed by atoms with Crippen LogP contribution in [0.4, 0.5) is 0 Å². The van der Waals surface area contributed by atoms with E-state index in [1.54, 1.807) is 26.0 Å². The van der Waals surface area contributed by atoms with Crippen LogP contribution in [0.15, 0.2) is 18.2 Å².